The van der Waals surface area contributed by atoms with E-state index < -0.39 is 0 Å². The molecule has 0 aliphatic heterocycles. The first kappa shape index (κ1) is 14.9. The molecule has 21 heavy (non-hydrogen) atoms. The molecule has 0 atom stereocenters. The number of nitrogens with zero attached hydrogens (tertiary/aromatic N) is 1. The van der Waals surface area contributed by atoms with Crippen LogP contribution in [0.15, 0.2) is 22.7 Å². The fraction of sp³-hybridized carbons (Fsp3) is 0.333. The van der Waals surface area contributed by atoms with Gasteiger partial charge in [0.25, 0.3) is 5.91 Å². The number of nitrogens with two attached hydrogens (primary N) is 1. The van der Waals surface area contributed by atoms with Crippen LogP contribution in [0.2, 0.25) is 0 Å². The number of carbonyl (C=O) groups is 1. The Hall–Kier alpha value is -2.50. The second-order valence-corrected chi connectivity index (χ2v) is 4.64. The second-order valence-electron chi connectivity index (χ2n) is 4.64. The van der Waals surface area contributed by atoms with Gasteiger partial charge < -0.3 is 20.3 Å². The summed E-state index contributed by atoms with van der Waals surface area (Å²) in [5, 5.41) is 6.69. The minimum absolute atomic E-state index is 0.245. The molecule has 0 saturated carbocycles. The maximum Gasteiger partial charge on any atom is 0.255 e. The Labute approximate surface area is 123 Å². The molecule has 0 spiro atoms. The monoisotopic (exact) mass is 289 g/mol. The van der Waals surface area contributed by atoms with Crippen molar-refractivity contribution in [2.24, 2.45) is 0 Å². The average molecular weight is 289 g/mol. The summed E-state index contributed by atoms with van der Waals surface area (Å²) in [6.45, 7) is 6.29. The molecular weight excluding hydrogens is 270 g/mol. The number of hydrogen-bond acceptors (Lipinski definition) is 5. The summed E-state index contributed by atoms with van der Waals surface area (Å²) in [5.74, 6) is 0.868. The minimum Gasteiger partial charge on any atom is -0.491 e. The fourth-order valence-electron chi connectivity index (χ4n) is 2.06. The second kappa shape index (κ2) is 6.30. The van der Waals surface area contributed by atoms with E-state index in [1.54, 1.807) is 18.2 Å². The van der Waals surface area contributed by atoms with Crippen LogP contribution in [0, 0.1) is 13.8 Å². The smallest absolute Gasteiger partial charge is 0.255 e. The highest BCUT2D eigenvalue weighted by molar-refractivity contribution is 5.98. The van der Waals surface area contributed by atoms with Crippen LogP contribution in [-0.4, -0.2) is 17.7 Å². The summed E-state index contributed by atoms with van der Waals surface area (Å²) in [6, 6.07) is 5.11. The van der Waals surface area contributed by atoms with Crippen molar-refractivity contribution in [1.82, 2.24) is 10.5 Å². The topological polar surface area (TPSA) is 90.4 Å². The zero-order valence-electron chi connectivity index (χ0n) is 12.4. The average Bonchev–Trinajstić information content (AvgIpc) is 2.78. The van der Waals surface area contributed by atoms with E-state index in [-0.39, 0.29) is 5.91 Å². The number of aryl methyl sites for hydroxylation is 2. The van der Waals surface area contributed by atoms with Gasteiger partial charge in [0.2, 0.25) is 0 Å². The molecule has 0 unspecified atom stereocenters. The molecule has 3 N–H and O–H groups in total. The van der Waals surface area contributed by atoms with Crippen molar-refractivity contribution < 1.29 is 14.1 Å². The van der Waals surface area contributed by atoms with Gasteiger partial charge in [0.05, 0.1) is 23.6 Å². The Morgan fingerprint density at radius 3 is 2.81 bits per heavy atom. The van der Waals surface area contributed by atoms with Crippen LogP contribution in [0.3, 0.4) is 0 Å². The summed E-state index contributed by atoms with van der Waals surface area (Å²) >= 11 is 0. The van der Waals surface area contributed by atoms with Gasteiger partial charge in [-0.2, -0.15) is 0 Å². The number of amides is 1. The van der Waals surface area contributed by atoms with Crippen molar-refractivity contribution in [3.05, 3.63) is 40.8 Å². The van der Waals surface area contributed by atoms with Crippen molar-refractivity contribution in [2.75, 3.05) is 12.3 Å². The summed E-state index contributed by atoms with van der Waals surface area (Å²) in [4.78, 5) is 12.3. The van der Waals surface area contributed by atoms with E-state index in [1.807, 2.05) is 20.8 Å². The molecule has 0 fully saturated rings. The largest absolute Gasteiger partial charge is 0.491 e. The summed E-state index contributed by atoms with van der Waals surface area (Å²) in [5.41, 5.74) is 8.37. The standard InChI is InChI=1S/C15H19N3O3/c1-4-20-14-11(6-5-7-13(14)16)15(19)17-8-12-9(2)18-21-10(12)3/h5-7H,4,8,16H2,1-3H3,(H,17,19). The summed E-state index contributed by atoms with van der Waals surface area (Å²) in [6.07, 6.45) is 0. The first-order chi connectivity index (χ1) is 10.0. The highest BCUT2D eigenvalue weighted by atomic mass is 16.5. The Bertz CT molecular complexity index is 630. The molecule has 0 bridgehead atoms. The number of ether oxygens (including phenoxy) is 1. The van der Waals surface area contributed by atoms with Crippen molar-refractivity contribution in [3.8, 4) is 5.75 Å². The number of carbonyl (C=O) groups excluding carboxylic acids is 1. The Balaban J connectivity index is 2.16. The van der Waals surface area contributed by atoms with E-state index in [0.29, 0.717) is 35.9 Å². The number of rotatable bonds is 5. The van der Waals surface area contributed by atoms with Crippen LogP contribution < -0.4 is 15.8 Å². The third kappa shape index (κ3) is 3.16. The fourth-order valence-corrected chi connectivity index (χ4v) is 2.06. The number of benzene rings is 1. The van der Waals surface area contributed by atoms with Crippen LogP contribution in [0.1, 0.15) is 34.3 Å². The van der Waals surface area contributed by atoms with Crippen LogP contribution in [0.4, 0.5) is 5.69 Å². The number of anilines is 1. The van der Waals surface area contributed by atoms with Crippen LogP contribution in [0.5, 0.6) is 5.75 Å². The van der Waals surface area contributed by atoms with E-state index in [1.165, 1.54) is 0 Å². The molecule has 2 aromatic rings. The first-order valence-corrected chi connectivity index (χ1v) is 6.75. The number of nitrogens with one attached hydrogen (secondary N) is 1. The molecule has 6 nitrogen and oxygen atoms in total. The van der Waals surface area contributed by atoms with Crippen molar-refractivity contribution >= 4 is 11.6 Å². The van der Waals surface area contributed by atoms with E-state index in [2.05, 4.69) is 10.5 Å². The van der Waals surface area contributed by atoms with E-state index in [9.17, 15) is 4.79 Å². The van der Waals surface area contributed by atoms with Crippen molar-refractivity contribution in [3.63, 3.8) is 0 Å². The molecule has 1 amide bonds. The van der Waals surface area contributed by atoms with Crippen molar-refractivity contribution in [1.29, 1.82) is 0 Å². The predicted molar refractivity (Wildman–Crippen MR) is 79.2 cm³/mol. The molecule has 0 saturated heterocycles. The summed E-state index contributed by atoms with van der Waals surface area (Å²) in [7, 11) is 0. The molecule has 0 aliphatic rings. The lowest BCUT2D eigenvalue weighted by Crippen LogP contribution is -2.24. The molecule has 112 valence electrons. The molecule has 0 aliphatic carbocycles. The normalized spacial score (nSPS) is 10.4. The zero-order valence-corrected chi connectivity index (χ0v) is 12.4. The lowest BCUT2D eigenvalue weighted by molar-refractivity contribution is 0.0947. The Morgan fingerprint density at radius 2 is 2.19 bits per heavy atom. The lowest BCUT2D eigenvalue weighted by atomic mass is 10.1. The first-order valence-electron chi connectivity index (χ1n) is 6.75. The zero-order chi connectivity index (χ0) is 15.4. The Kier molecular flexibility index (Phi) is 4.47. The minimum atomic E-state index is -0.245. The maximum absolute atomic E-state index is 12.3. The number of para-hydroxylation sites is 1. The highest BCUT2D eigenvalue weighted by Gasteiger charge is 2.16. The number of aromatic nitrogens is 1. The SMILES string of the molecule is CCOc1c(N)cccc1C(=O)NCc1c(C)noc1C. The van der Waals surface area contributed by atoms with E-state index in [4.69, 9.17) is 15.0 Å². The number of nitrogen functional groups attached to an aromatic ring is 1. The lowest BCUT2D eigenvalue weighted by Gasteiger charge is -2.12. The quantitative estimate of drug-likeness (QED) is 0.823. The predicted octanol–water partition coefficient (Wildman–Crippen LogP) is 2.20. The van der Waals surface area contributed by atoms with Gasteiger partial charge in [0.1, 0.15) is 5.76 Å². The van der Waals surface area contributed by atoms with Gasteiger partial charge in [-0.1, -0.05) is 11.2 Å². The molecule has 1 aromatic carbocycles. The van der Waals surface area contributed by atoms with Gasteiger partial charge in [-0.05, 0) is 32.9 Å². The molecule has 1 aromatic heterocycles. The van der Waals surface area contributed by atoms with Crippen LogP contribution >= 0.6 is 0 Å². The van der Waals surface area contributed by atoms with E-state index >= 15 is 0 Å². The third-order valence-corrected chi connectivity index (χ3v) is 3.19. The van der Waals surface area contributed by atoms with Crippen molar-refractivity contribution in [2.45, 2.75) is 27.3 Å². The third-order valence-electron chi connectivity index (χ3n) is 3.19. The van der Waals surface area contributed by atoms with Gasteiger partial charge in [0, 0.05) is 12.1 Å². The molecule has 2 rings (SSSR count). The number of hydrogen-bond donors (Lipinski definition) is 2. The van der Waals surface area contributed by atoms with Gasteiger partial charge in [0.15, 0.2) is 5.75 Å². The molecule has 6 heteroatoms. The van der Waals surface area contributed by atoms with Crippen LogP contribution in [0.25, 0.3) is 0 Å². The maximum atomic E-state index is 12.3. The highest BCUT2D eigenvalue weighted by Crippen LogP contribution is 2.26. The van der Waals surface area contributed by atoms with E-state index in [0.717, 1.165) is 11.3 Å². The van der Waals surface area contributed by atoms with Gasteiger partial charge >= 0.3 is 0 Å². The Morgan fingerprint density at radius 1 is 1.43 bits per heavy atom. The van der Waals surface area contributed by atoms with Crippen LogP contribution in [-0.2, 0) is 6.54 Å². The molecule has 0 radical (unpaired) electrons. The van der Waals surface area contributed by atoms with Gasteiger partial charge in [-0.25, -0.2) is 0 Å². The summed E-state index contributed by atoms with van der Waals surface area (Å²) < 4.78 is 10.5. The van der Waals surface area contributed by atoms with Gasteiger partial charge in [-0.15, -0.1) is 0 Å². The molecule has 1 heterocycles. The molecular formula is C15H19N3O3. The van der Waals surface area contributed by atoms with Gasteiger partial charge in [-0.3, -0.25) is 4.79 Å².